The first-order valence-corrected chi connectivity index (χ1v) is 10.4. The minimum atomic E-state index is -3.92. The average molecular weight is 429 g/mol. The third kappa shape index (κ3) is 5.18. The topological polar surface area (TPSA) is 101 Å². The van der Waals surface area contributed by atoms with Crippen molar-refractivity contribution in [1.29, 1.82) is 0 Å². The summed E-state index contributed by atoms with van der Waals surface area (Å²) in [5, 5.41) is 4.32. The molecule has 0 atom stereocenters. The Hall–Kier alpha value is -3.23. The molecule has 3 rings (SSSR count). The van der Waals surface area contributed by atoms with Gasteiger partial charge in [-0.3, -0.25) is 14.5 Å². The van der Waals surface area contributed by atoms with Gasteiger partial charge in [-0.25, -0.2) is 13.8 Å². The highest BCUT2D eigenvalue weighted by molar-refractivity contribution is 7.92. The normalized spacial score (nSPS) is 11.7. The van der Waals surface area contributed by atoms with Crippen molar-refractivity contribution in [3.05, 3.63) is 89.2 Å². The molecule has 0 aliphatic rings. The van der Waals surface area contributed by atoms with Crippen molar-refractivity contribution in [2.45, 2.75) is 11.8 Å². The van der Waals surface area contributed by atoms with Crippen LogP contribution >= 0.6 is 11.6 Å². The maximum absolute atomic E-state index is 12.6. The molecule has 1 amide bonds. The van der Waals surface area contributed by atoms with Gasteiger partial charge in [0.25, 0.3) is 15.9 Å². The standard InChI is InChI=1S/C20H17ClN4O3S/c1-14(15-9-11-22-12-10-15)23-24-20(26)16-5-4-6-17(13-16)29(27,28)25-19-8-3-2-7-18(19)21/h2-13,25H,1H3,(H,24,26)/b23-14+. The van der Waals surface area contributed by atoms with Crippen LogP contribution in [-0.4, -0.2) is 25.0 Å². The Morgan fingerprint density at radius 1 is 1.00 bits per heavy atom. The Morgan fingerprint density at radius 3 is 2.45 bits per heavy atom. The van der Waals surface area contributed by atoms with Crippen LogP contribution in [0.15, 0.2) is 83.1 Å². The SMILES string of the molecule is C/C(=N\NC(=O)c1cccc(S(=O)(=O)Nc2ccccc2Cl)c1)c1ccncc1. The number of para-hydroxylation sites is 1. The summed E-state index contributed by atoms with van der Waals surface area (Å²) in [7, 11) is -3.92. The fourth-order valence-electron chi connectivity index (χ4n) is 2.41. The number of rotatable bonds is 6. The molecule has 0 saturated heterocycles. The summed E-state index contributed by atoms with van der Waals surface area (Å²) in [6, 6.07) is 15.6. The zero-order valence-electron chi connectivity index (χ0n) is 15.3. The van der Waals surface area contributed by atoms with Crippen LogP contribution in [0.2, 0.25) is 5.02 Å². The molecule has 2 aromatic carbocycles. The zero-order chi connectivity index (χ0) is 20.9. The first-order valence-electron chi connectivity index (χ1n) is 8.49. The summed E-state index contributed by atoms with van der Waals surface area (Å²) in [5.74, 6) is -0.534. The fraction of sp³-hybridized carbons (Fsp3) is 0.0500. The number of hydrogen-bond donors (Lipinski definition) is 2. The van der Waals surface area contributed by atoms with Gasteiger partial charge in [0, 0.05) is 23.5 Å². The molecule has 0 unspecified atom stereocenters. The Morgan fingerprint density at radius 2 is 1.72 bits per heavy atom. The van der Waals surface area contributed by atoms with E-state index in [0.29, 0.717) is 5.71 Å². The van der Waals surface area contributed by atoms with Crippen LogP contribution in [0, 0.1) is 0 Å². The van der Waals surface area contributed by atoms with Crippen LogP contribution in [0.4, 0.5) is 5.69 Å². The molecule has 0 spiro atoms. The summed E-state index contributed by atoms with van der Waals surface area (Å²) in [6.45, 7) is 1.74. The van der Waals surface area contributed by atoms with E-state index in [4.69, 9.17) is 11.6 Å². The van der Waals surface area contributed by atoms with E-state index in [-0.39, 0.29) is 21.2 Å². The van der Waals surface area contributed by atoms with Crippen molar-refractivity contribution in [1.82, 2.24) is 10.4 Å². The van der Waals surface area contributed by atoms with Crippen molar-refractivity contribution in [3.63, 3.8) is 0 Å². The van der Waals surface area contributed by atoms with Crippen LogP contribution in [0.5, 0.6) is 0 Å². The van der Waals surface area contributed by atoms with Crippen molar-refractivity contribution in [2.24, 2.45) is 5.10 Å². The highest BCUT2D eigenvalue weighted by Gasteiger charge is 2.17. The van der Waals surface area contributed by atoms with E-state index in [1.807, 2.05) is 0 Å². The fourth-order valence-corrected chi connectivity index (χ4v) is 3.77. The lowest BCUT2D eigenvalue weighted by molar-refractivity contribution is 0.0954. The van der Waals surface area contributed by atoms with Crippen molar-refractivity contribution >= 4 is 38.9 Å². The molecule has 0 radical (unpaired) electrons. The van der Waals surface area contributed by atoms with Gasteiger partial charge in [-0.05, 0) is 49.4 Å². The Balaban J connectivity index is 1.78. The first-order chi connectivity index (χ1) is 13.9. The molecule has 0 fully saturated rings. The van der Waals surface area contributed by atoms with E-state index >= 15 is 0 Å². The van der Waals surface area contributed by atoms with Gasteiger partial charge in [-0.1, -0.05) is 29.8 Å². The lowest BCUT2D eigenvalue weighted by Gasteiger charge is -2.10. The van der Waals surface area contributed by atoms with Gasteiger partial charge < -0.3 is 0 Å². The molecule has 3 aromatic rings. The summed E-state index contributed by atoms with van der Waals surface area (Å²) in [5.41, 5.74) is 4.22. The molecule has 2 N–H and O–H groups in total. The largest absolute Gasteiger partial charge is 0.278 e. The average Bonchev–Trinajstić information content (AvgIpc) is 2.74. The van der Waals surface area contributed by atoms with Gasteiger partial charge in [-0.2, -0.15) is 5.10 Å². The second kappa shape index (κ2) is 8.85. The number of anilines is 1. The smallest absolute Gasteiger partial charge is 0.271 e. The van der Waals surface area contributed by atoms with Gasteiger partial charge >= 0.3 is 0 Å². The number of hydrazone groups is 1. The number of benzene rings is 2. The number of hydrogen-bond acceptors (Lipinski definition) is 5. The number of halogens is 1. The Kier molecular flexibility index (Phi) is 6.26. The molecule has 0 bridgehead atoms. The van der Waals surface area contributed by atoms with Crippen LogP contribution in [0.3, 0.4) is 0 Å². The lowest BCUT2D eigenvalue weighted by Crippen LogP contribution is -2.20. The maximum Gasteiger partial charge on any atom is 0.271 e. The highest BCUT2D eigenvalue weighted by atomic mass is 35.5. The highest BCUT2D eigenvalue weighted by Crippen LogP contribution is 2.24. The lowest BCUT2D eigenvalue weighted by atomic mass is 10.2. The molecule has 1 aromatic heterocycles. The number of aromatic nitrogens is 1. The number of amides is 1. The van der Waals surface area contributed by atoms with Crippen molar-refractivity contribution < 1.29 is 13.2 Å². The molecule has 148 valence electrons. The van der Waals surface area contributed by atoms with E-state index in [2.05, 4.69) is 20.2 Å². The minimum Gasteiger partial charge on any atom is -0.278 e. The molecule has 29 heavy (non-hydrogen) atoms. The third-order valence-corrected chi connectivity index (χ3v) is 5.64. The van der Waals surface area contributed by atoms with E-state index in [1.165, 1.54) is 24.3 Å². The van der Waals surface area contributed by atoms with Crippen LogP contribution < -0.4 is 10.1 Å². The summed E-state index contributed by atoms with van der Waals surface area (Å²) in [6.07, 6.45) is 3.24. The Labute approximate surface area is 173 Å². The molecule has 0 saturated carbocycles. The molecule has 7 nitrogen and oxygen atoms in total. The van der Waals surface area contributed by atoms with E-state index in [1.54, 1.807) is 55.7 Å². The first kappa shape index (κ1) is 20.5. The quantitative estimate of drug-likeness (QED) is 0.461. The molecule has 1 heterocycles. The van der Waals surface area contributed by atoms with Crippen LogP contribution in [0.25, 0.3) is 0 Å². The zero-order valence-corrected chi connectivity index (χ0v) is 16.9. The summed E-state index contributed by atoms with van der Waals surface area (Å²) in [4.78, 5) is 16.3. The molecule has 0 aliphatic carbocycles. The van der Waals surface area contributed by atoms with E-state index in [0.717, 1.165) is 5.56 Å². The molecule has 0 aliphatic heterocycles. The number of carbonyl (C=O) groups excluding carboxylic acids is 1. The number of carbonyl (C=O) groups is 1. The maximum atomic E-state index is 12.6. The molecule has 9 heteroatoms. The van der Waals surface area contributed by atoms with Crippen molar-refractivity contribution in [2.75, 3.05) is 4.72 Å². The predicted octanol–water partition coefficient (Wildman–Crippen LogP) is 3.69. The molecular formula is C20H17ClN4O3S. The van der Waals surface area contributed by atoms with Crippen molar-refractivity contribution in [3.8, 4) is 0 Å². The number of nitrogens with zero attached hydrogens (tertiary/aromatic N) is 2. The van der Waals surface area contributed by atoms with Gasteiger partial charge in [0.05, 0.1) is 21.3 Å². The van der Waals surface area contributed by atoms with E-state index < -0.39 is 15.9 Å². The minimum absolute atomic E-state index is 0.0695. The number of pyridine rings is 1. The van der Waals surface area contributed by atoms with Gasteiger partial charge in [0.2, 0.25) is 0 Å². The van der Waals surface area contributed by atoms with Crippen LogP contribution in [-0.2, 0) is 10.0 Å². The second-order valence-electron chi connectivity index (χ2n) is 5.99. The monoisotopic (exact) mass is 428 g/mol. The predicted molar refractivity (Wildman–Crippen MR) is 113 cm³/mol. The number of sulfonamides is 1. The van der Waals surface area contributed by atoms with Gasteiger partial charge in [0.15, 0.2) is 0 Å². The Bertz CT molecular complexity index is 1170. The van der Waals surface area contributed by atoms with Crippen LogP contribution in [0.1, 0.15) is 22.8 Å². The molecular weight excluding hydrogens is 412 g/mol. The third-order valence-electron chi connectivity index (χ3n) is 3.95. The summed E-state index contributed by atoms with van der Waals surface area (Å²) >= 11 is 6.01. The van der Waals surface area contributed by atoms with Gasteiger partial charge in [-0.15, -0.1) is 0 Å². The van der Waals surface area contributed by atoms with E-state index in [9.17, 15) is 13.2 Å². The second-order valence-corrected chi connectivity index (χ2v) is 8.08. The number of nitrogens with one attached hydrogen (secondary N) is 2. The van der Waals surface area contributed by atoms with Gasteiger partial charge in [0.1, 0.15) is 0 Å². The summed E-state index contributed by atoms with van der Waals surface area (Å²) < 4.78 is 27.7.